The number of unbranched alkanes of at least 4 members (excludes halogenated alkanes) is 12. The molecule has 0 spiro atoms. The summed E-state index contributed by atoms with van der Waals surface area (Å²) in [5, 5.41) is 1.89. The molecule has 0 aliphatic heterocycles. The van der Waals surface area contributed by atoms with Crippen LogP contribution in [0.5, 0.6) is 0 Å². The summed E-state index contributed by atoms with van der Waals surface area (Å²) in [6.07, 6.45) is 30.1. The second-order valence-corrected chi connectivity index (χ2v) is 11.5. The van der Waals surface area contributed by atoms with Gasteiger partial charge in [0, 0.05) is 23.2 Å². The van der Waals surface area contributed by atoms with Crippen molar-refractivity contribution >= 4 is 38.1 Å². The molecule has 0 N–H and O–H groups in total. The number of hydrogen-bond donors (Lipinski definition) is 0. The van der Waals surface area contributed by atoms with Crippen molar-refractivity contribution in [1.29, 1.82) is 0 Å². The molecule has 2 nitrogen and oxygen atoms in total. The van der Waals surface area contributed by atoms with Crippen LogP contribution in [0.2, 0.25) is 0 Å². The first kappa shape index (κ1) is 30.6. The van der Waals surface area contributed by atoms with Crippen molar-refractivity contribution < 1.29 is 9.53 Å². The molecule has 1 fully saturated rings. The highest BCUT2D eigenvalue weighted by Gasteiger charge is 2.13. The fourth-order valence-corrected chi connectivity index (χ4v) is 6.02. The van der Waals surface area contributed by atoms with Crippen LogP contribution in [0.1, 0.15) is 135 Å². The van der Waals surface area contributed by atoms with Gasteiger partial charge in [-0.2, -0.15) is 0 Å². The van der Waals surface area contributed by atoms with E-state index in [-0.39, 0.29) is 5.92 Å². The molecule has 2 atom stereocenters. The van der Waals surface area contributed by atoms with Gasteiger partial charge < -0.3 is 9.53 Å². The Hall–Kier alpha value is 0.590. The van der Waals surface area contributed by atoms with Gasteiger partial charge in [-0.05, 0) is 44.4 Å². The molecule has 0 heterocycles. The average molecular weight is 581 g/mol. The monoisotopic (exact) mass is 578 g/mol. The van der Waals surface area contributed by atoms with E-state index in [0.717, 1.165) is 35.9 Å². The highest BCUT2D eigenvalue weighted by Crippen LogP contribution is 2.22. The van der Waals surface area contributed by atoms with Gasteiger partial charge in [-0.3, -0.25) is 0 Å². The molecule has 0 aromatic rings. The van der Waals surface area contributed by atoms with E-state index in [1.54, 1.807) is 0 Å². The summed E-state index contributed by atoms with van der Waals surface area (Å²) < 4.78 is 6.02. The van der Waals surface area contributed by atoms with Gasteiger partial charge in [0.1, 0.15) is 6.29 Å². The predicted octanol–water partition coefficient (Wildman–Crippen LogP) is 9.80. The van der Waals surface area contributed by atoms with Gasteiger partial charge in [0.15, 0.2) is 0 Å². The van der Waals surface area contributed by atoms with Gasteiger partial charge >= 0.3 is 0 Å². The van der Waals surface area contributed by atoms with Gasteiger partial charge in [-0.1, -0.05) is 128 Å². The number of halogens is 2. The molecule has 1 aliphatic rings. The van der Waals surface area contributed by atoms with Gasteiger partial charge in [-0.15, -0.1) is 0 Å². The summed E-state index contributed by atoms with van der Waals surface area (Å²) in [5.41, 5.74) is 0. The molecule has 1 rings (SSSR count). The van der Waals surface area contributed by atoms with Crippen molar-refractivity contribution in [2.24, 2.45) is 11.8 Å². The van der Waals surface area contributed by atoms with E-state index < -0.39 is 0 Å². The molecule has 0 radical (unpaired) electrons. The lowest BCUT2D eigenvalue weighted by molar-refractivity contribution is -0.110. The van der Waals surface area contributed by atoms with E-state index in [2.05, 4.69) is 31.9 Å². The molecule has 0 bridgehead atoms. The Balaban J connectivity index is 1.76. The van der Waals surface area contributed by atoms with Gasteiger partial charge in [0.25, 0.3) is 0 Å². The zero-order chi connectivity index (χ0) is 23.1. The first-order valence-corrected chi connectivity index (χ1v) is 16.2. The van der Waals surface area contributed by atoms with Crippen molar-refractivity contribution in [2.75, 3.05) is 17.3 Å². The van der Waals surface area contributed by atoms with E-state index in [0.29, 0.717) is 6.10 Å². The molecule has 0 aromatic heterocycles. The number of carbonyl (C=O) groups is 1. The molecular weight excluding hydrogens is 528 g/mol. The maximum absolute atomic E-state index is 10.9. The summed E-state index contributed by atoms with van der Waals surface area (Å²) in [6.45, 7) is 0.999. The number of alkyl halides is 2. The van der Waals surface area contributed by atoms with E-state index in [4.69, 9.17) is 4.74 Å². The molecule has 4 heteroatoms. The molecule has 190 valence electrons. The molecular formula is C28H52Br2O2. The number of carbonyl (C=O) groups excluding carboxylic acids is 1. The molecule has 32 heavy (non-hydrogen) atoms. The Morgan fingerprint density at radius 3 is 1.69 bits per heavy atom. The topological polar surface area (TPSA) is 26.3 Å². The Bertz CT molecular complexity index is 399. The van der Waals surface area contributed by atoms with E-state index in [1.165, 1.54) is 128 Å². The van der Waals surface area contributed by atoms with Crippen LogP contribution in [-0.2, 0) is 9.53 Å². The van der Waals surface area contributed by atoms with E-state index >= 15 is 0 Å². The zero-order valence-corrected chi connectivity index (χ0v) is 24.0. The van der Waals surface area contributed by atoms with Crippen LogP contribution in [0.15, 0.2) is 0 Å². The molecule has 0 saturated heterocycles. The van der Waals surface area contributed by atoms with E-state index in [1.807, 2.05) is 0 Å². The number of hydrogen-bond acceptors (Lipinski definition) is 2. The molecule has 0 amide bonds. The van der Waals surface area contributed by atoms with Crippen LogP contribution >= 0.6 is 31.9 Å². The van der Waals surface area contributed by atoms with E-state index in [9.17, 15) is 4.79 Å². The summed E-state index contributed by atoms with van der Waals surface area (Å²) >= 11 is 7.10. The molecule has 0 aromatic carbocycles. The SMILES string of the molecule is O=CC(CBr)CCC(CBr)CCCCCCCCCCCCCCCOC1CCCCC1. The number of aldehydes is 1. The second kappa shape index (κ2) is 23.3. The predicted molar refractivity (Wildman–Crippen MR) is 147 cm³/mol. The summed E-state index contributed by atoms with van der Waals surface area (Å²) in [4.78, 5) is 10.9. The lowest BCUT2D eigenvalue weighted by atomic mass is 9.94. The highest BCUT2D eigenvalue weighted by atomic mass is 79.9. The van der Waals surface area contributed by atoms with Crippen LogP contribution in [0.4, 0.5) is 0 Å². The quantitative estimate of drug-likeness (QED) is 0.0683. The van der Waals surface area contributed by atoms with Gasteiger partial charge in [0.2, 0.25) is 0 Å². The number of rotatable bonds is 23. The summed E-state index contributed by atoms with van der Waals surface area (Å²) in [5.74, 6) is 0.933. The Kier molecular flexibility index (Phi) is 22.3. The van der Waals surface area contributed by atoms with Crippen molar-refractivity contribution in [3.63, 3.8) is 0 Å². The molecule has 1 aliphatic carbocycles. The van der Waals surface area contributed by atoms with Crippen molar-refractivity contribution in [3.05, 3.63) is 0 Å². The van der Waals surface area contributed by atoms with Gasteiger partial charge in [-0.25, -0.2) is 0 Å². The van der Waals surface area contributed by atoms with Crippen LogP contribution in [-0.4, -0.2) is 29.7 Å². The fraction of sp³-hybridized carbons (Fsp3) is 0.964. The van der Waals surface area contributed by atoms with Crippen molar-refractivity contribution in [2.45, 2.75) is 141 Å². The first-order valence-electron chi connectivity index (χ1n) is 14.0. The number of ether oxygens (including phenoxy) is 1. The molecule has 2 unspecified atom stereocenters. The Morgan fingerprint density at radius 1 is 0.656 bits per heavy atom. The van der Waals surface area contributed by atoms with Crippen LogP contribution in [0, 0.1) is 11.8 Å². The Morgan fingerprint density at radius 2 is 1.19 bits per heavy atom. The normalized spacial score (nSPS) is 16.8. The second-order valence-electron chi connectivity index (χ2n) is 10.2. The van der Waals surface area contributed by atoms with Crippen molar-refractivity contribution in [1.82, 2.24) is 0 Å². The summed E-state index contributed by atoms with van der Waals surface area (Å²) in [7, 11) is 0. The third-order valence-corrected chi connectivity index (χ3v) is 8.96. The summed E-state index contributed by atoms with van der Waals surface area (Å²) in [6, 6.07) is 0. The third kappa shape index (κ3) is 18.0. The fourth-order valence-electron chi connectivity index (χ4n) is 4.89. The maximum atomic E-state index is 10.9. The largest absolute Gasteiger partial charge is 0.378 e. The van der Waals surface area contributed by atoms with Crippen LogP contribution < -0.4 is 0 Å². The lowest BCUT2D eigenvalue weighted by Gasteiger charge is -2.21. The molecule has 1 saturated carbocycles. The highest BCUT2D eigenvalue weighted by molar-refractivity contribution is 9.09. The Labute approximate surface area is 217 Å². The first-order chi connectivity index (χ1) is 15.8. The van der Waals surface area contributed by atoms with Crippen molar-refractivity contribution in [3.8, 4) is 0 Å². The van der Waals surface area contributed by atoms with Crippen LogP contribution in [0.25, 0.3) is 0 Å². The average Bonchev–Trinajstić information content (AvgIpc) is 2.83. The zero-order valence-electron chi connectivity index (χ0n) is 20.9. The smallest absolute Gasteiger partial charge is 0.123 e. The maximum Gasteiger partial charge on any atom is 0.123 e. The van der Waals surface area contributed by atoms with Gasteiger partial charge in [0.05, 0.1) is 6.10 Å². The minimum absolute atomic E-state index is 0.196. The standard InChI is InChI=1S/C28H52Br2O2/c29-23-26(20-21-27(24-30)25-31)17-13-10-8-6-4-2-1-3-5-7-9-11-16-22-32-28-18-14-12-15-19-28/h25-28H,1-24H2. The van der Waals surface area contributed by atoms with Crippen LogP contribution in [0.3, 0.4) is 0 Å². The minimum atomic E-state index is 0.196. The minimum Gasteiger partial charge on any atom is -0.378 e. The lowest BCUT2D eigenvalue weighted by Crippen LogP contribution is -2.17. The third-order valence-electron chi connectivity index (χ3n) is 7.22.